The number of hydrogen-bond acceptors (Lipinski definition) is 2. The molecule has 0 rings (SSSR count). The zero-order valence-electron chi connectivity index (χ0n) is 9.14. The first-order valence-corrected chi connectivity index (χ1v) is 4.76. The van der Waals surface area contributed by atoms with Crippen LogP contribution < -0.4 is 0 Å². The Morgan fingerprint density at radius 3 is 2.06 bits per heavy atom. The Morgan fingerprint density at radius 2 is 1.65 bits per heavy atom. The molecule has 0 saturated carbocycles. The first-order valence-electron chi connectivity index (χ1n) is 4.76. The Balaban J connectivity index is 4.18. The van der Waals surface area contributed by atoms with Gasteiger partial charge in [0, 0.05) is 5.57 Å². The van der Waals surface area contributed by atoms with Crippen LogP contribution in [0.5, 0.6) is 0 Å². The van der Waals surface area contributed by atoms with Crippen LogP contribution in [0.1, 0.15) is 6.92 Å². The smallest absolute Gasteiger partial charge is 0.333 e. The second-order valence-corrected chi connectivity index (χ2v) is 3.45. The van der Waals surface area contributed by atoms with Crippen LogP contribution in [0.2, 0.25) is 0 Å². The van der Waals surface area contributed by atoms with Gasteiger partial charge in [-0.2, -0.15) is 0 Å². The van der Waals surface area contributed by atoms with Crippen molar-refractivity contribution in [2.75, 3.05) is 13.3 Å². The summed E-state index contributed by atoms with van der Waals surface area (Å²) in [6, 6.07) is 0. The van der Waals surface area contributed by atoms with Crippen molar-refractivity contribution >= 4 is 5.97 Å². The minimum atomic E-state index is -2.93. The van der Waals surface area contributed by atoms with E-state index >= 15 is 0 Å². The summed E-state index contributed by atoms with van der Waals surface area (Å²) in [5.41, 5.74) is -0.0449. The highest BCUT2D eigenvalue weighted by Gasteiger charge is 2.36. The lowest BCUT2D eigenvalue weighted by Crippen LogP contribution is -2.38. The van der Waals surface area contributed by atoms with E-state index in [1.54, 1.807) is 0 Å². The van der Waals surface area contributed by atoms with Crippen molar-refractivity contribution in [2.24, 2.45) is 0 Å². The predicted octanol–water partition coefficient (Wildman–Crippen LogP) is 2.43. The van der Waals surface area contributed by atoms with E-state index in [-0.39, 0.29) is 5.57 Å². The van der Waals surface area contributed by atoms with Crippen molar-refractivity contribution < 1.29 is 31.5 Å². The average Bonchev–Trinajstić information content (AvgIpc) is 2.32. The number of carbonyl (C=O) groups excluding carboxylic acids is 1. The number of hydrogen-bond donors (Lipinski definition) is 0. The number of ether oxygens (including phenoxy) is 1. The highest BCUT2D eigenvalue weighted by molar-refractivity contribution is 5.86. The Morgan fingerprint density at radius 1 is 1.18 bits per heavy atom. The molecule has 0 aliphatic carbocycles. The zero-order chi connectivity index (χ0) is 13.6. The second kappa shape index (κ2) is 7.24. The fourth-order valence-corrected chi connectivity index (χ4v) is 0.855. The number of rotatable bonds is 7. The average molecular weight is 260 g/mol. The third kappa shape index (κ3) is 5.14. The molecule has 0 aliphatic rings. The third-order valence-electron chi connectivity index (χ3n) is 1.86. The van der Waals surface area contributed by atoms with Crippen LogP contribution >= 0.6 is 0 Å². The van der Waals surface area contributed by atoms with Gasteiger partial charge in [-0.05, 0) is 6.92 Å². The van der Waals surface area contributed by atoms with E-state index in [0.717, 1.165) is 0 Å². The summed E-state index contributed by atoms with van der Waals surface area (Å²) in [4.78, 5) is 10.8. The van der Waals surface area contributed by atoms with E-state index in [4.69, 9.17) is 0 Å². The molecule has 0 aromatic heterocycles. The number of esters is 1. The molecular weight excluding hydrogens is 247 g/mol. The monoisotopic (exact) mass is 260 g/mol. The fourth-order valence-electron chi connectivity index (χ4n) is 0.855. The van der Waals surface area contributed by atoms with E-state index in [2.05, 4.69) is 11.3 Å². The summed E-state index contributed by atoms with van der Waals surface area (Å²) in [5, 5.41) is 0. The number of halogens is 5. The quantitative estimate of drug-likeness (QED) is 0.399. The van der Waals surface area contributed by atoms with E-state index in [0.29, 0.717) is 0 Å². The molecular formula is C10H13F5O2. The summed E-state index contributed by atoms with van der Waals surface area (Å²) in [5.74, 6) is -0.974. The maximum absolute atomic E-state index is 13.0. The summed E-state index contributed by atoms with van der Waals surface area (Å²) < 4.78 is 66.9. The molecule has 2 nitrogen and oxygen atoms in total. The predicted molar refractivity (Wildman–Crippen MR) is 51.3 cm³/mol. The van der Waals surface area contributed by atoms with Crippen LogP contribution in [-0.2, 0) is 9.53 Å². The standard InChI is InChI=1S/C10H13F5O2/c1-5(2)10(16)17-4-7(13)9(15)8(14)6(12)3-11/h6-9H,1,3-4H2,2H3. The molecule has 0 heterocycles. The van der Waals surface area contributed by atoms with Gasteiger partial charge in [0.05, 0.1) is 0 Å². The van der Waals surface area contributed by atoms with Gasteiger partial charge in [0.1, 0.15) is 13.3 Å². The topological polar surface area (TPSA) is 26.3 Å². The van der Waals surface area contributed by atoms with Gasteiger partial charge >= 0.3 is 5.97 Å². The first-order chi connectivity index (χ1) is 7.81. The van der Waals surface area contributed by atoms with Gasteiger partial charge < -0.3 is 4.74 Å². The zero-order valence-corrected chi connectivity index (χ0v) is 9.14. The molecule has 4 unspecified atom stereocenters. The normalized spacial score (nSPS) is 18.0. The SMILES string of the molecule is C=C(C)C(=O)OCC(F)C(F)C(F)C(F)CF. The van der Waals surface area contributed by atoms with E-state index < -0.39 is 43.9 Å². The van der Waals surface area contributed by atoms with Gasteiger partial charge in [0.2, 0.25) is 0 Å². The molecule has 4 atom stereocenters. The molecule has 0 bridgehead atoms. The van der Waals surface area contributed by atoms with Crippen molar-refractivity contribution in [3.05, 3.63) is 12.2 Å². The first kappa shape index (κ1) is 15.9. The Hall–Kier alpha value is -1.14. The van der Waals surface area contributed by atoms with Gasteiger partial charge in [-0.3, -0.25) is 0 Å². The molecule has 0 aromatic rings. The molecule has 100 valence electrons. The third-order valence-corrected chi connectivity index (χ3v) is 1.86. The molecule has 0 radical (unpaired) electrons. The Bertz CT molecular complexity index is 271. The summed E-state index contributed by atoms with van der Waals surface area (Å²) in [6.07, 6.45) is -11.1. The van der Waals surface area contributed by atoms with Crippen molar-refractivity contribution in [2.45, 2.75) is 31.6 Å². The Labute approximate surface area is 95.4 Å². The highest BCUT2D eigenvalue weighted by Crippen LogP contribution is 2.18. The lowest BCUT2D eigenvalue weighted by molar-refractivity contribution is -0.142. The molecule has 0 aromatic carbocycles. The van der Waals surface area contributed by atoms with Crippen LogP contribution in [-0.4, -0.2) is 43.9 Å². The van der Waals surface area contributed by atoms with Crippen LogP contribution in [0.3, 0.4) is 0 Å². The van der Waals surface area contributed by atoms with Crippen LogP contribution in [0.4, 0.5) is 22.0 Å². The van der Waals surface area contributed by atoms with Gasteiger partial charge in [-0.15, -0.1) is 0 Å². The maximum Gasteiger partial charge on any atom is 0.333 e. The lowest BCUT2D eigenvalue weighted by Gasteiger charge is -2.18. The van der Waals surface area contributed by atoms with Crippen molar-refractivity contribution in [3.63, 3.8) is 0 Å². The second-order valence-electron chi connectivity index (χ2n) is 3.45. The summed E-state index contributed by atoms with van der Waals surface area (Å²) in [6.45, 7) is 1.63. The molecule has 0 fully saturated rings. The maximum atomic E-state index is 13.0. The summed E-state index contributed by atoms with van der Waals surface area (Å²) in [7, 11) is 0. The lowest BCUT2D eigenvalue weighted by atomic mass is 10.1. The fraction of sp³-hybridized carbons (Fsp3) is 0.700. The van der Waals surface area contributed by atoms with Gasteiger partial charge in [-0.25, -0.2) is 26.7 Å². The van der Waals surface area contributed by atoms with Gasteiger partial charge in [0.15, 0.2) is 24.7 Å². The Kier molecular flexibility index (Phi) is 6.75. The number of alkyl halides is 5. The number of carbonyl (C=O) groups is 1. The highest BCUT2D eigenvalue weighted by atomic mass is 19.2. The van der Waals surface area contributed by atoms with Gasteiger partial charge in [-0.1, -0.05) is 6.58 Å². The van der Waals surface area contributed by atoms with Gasteiger partial charge in [0.25, 0.3) is 0 Å². The summed E-state index contributed by atoms with van der Waals surface area (Å²) >= 11 is 0. The minimum absolute atomic E-state index is 0.0449. The molecule has 0 amide bonds. The van der Waals surface area contributed by atoms with Crippen molar-refractivity contribution in [1.29, 1.82) is 0 Å². The van der Waals surface area contributed by atoms with Crippen LogP contribution in [0, 0.1) is 0 Å². The van der Waals surface area contributed by atoms with Crippen molar-refractivity contribution in [3.8, 4) is 0 Å². The molecule has 0 aliphatic heterocycles. The molecule has 0 spiro atoms. The molecule has 7 heteroatoms. The molecule has 0 N–H and O–H groups in total. The van der Waals surface area contributed by atoms with E-state index in [1.807, 2.05) is 0 Å². The molecule has 17 heavy (non-hydrogen) atoms. The van der Waals surface area contributed by atoms with Crippen molar-refractivity contribution in [1.82, 2.24) is 0 Å². The largest absolute Gasteiger partial charge is 0.459 e. The van der Waals surface area contributed by atoms with Crippen LogP contribution in [0.25, 0.3) is 0 Å². The minimum Gasteiger partial charge on any atom is -0.459 e. The van der Waals surface area contributed by atoms with E-state index in [9.17, 15) is 26.7 Å². The van der Waals surface area contributed by atoms with E-state index in [1.165, 1.54) is 6.92 Å². The molecule has 0 saturated heterocycles. The van der Waals surface area contributed by atoms with Crippen LogP contribution in [0.15, 0.2) is 12.2 Å².